The zero-order valence-corrected chi connectivity index (χ0v) is 18.7. The monoisotopic (exact) mass is 444 g/mol. The van der Waals surface area contributed by atoms with Gasteiger partial charge < -0.3 is 10.6 Å². The van der Waals surface area contributed by atoms with Crippen molar-refractivity contribution in [2.75, 3.05) is 10.6 Å². The van der Waals surface area contributed by atoms with E-state index in [9.17, 15) is 9.59 Å². The van der Waals surface area contributed by atoms with Gasteiger partial charge in [0.05, 0.1) is 0 Å². The van der Waals surface area contributed by atoms with E-state index in [2.05, 4.69) is 32.3 Å². The molecule has 0 spiro atoms. The number of carbonyl (C=O) groups excluding carboxylic acids is 2. The number of hydrazine groups is 2. The van der Waals surface area contributed by atoms with Crippen LogP contribution >= 0.6 is 24.4 Å². The van der Waals surface area contributed by atoms with E-state index in [0.717, 1.165) is 33.6 Å². The average Bonchev–Trinajstić information content (AvgIpc) is 2.70. The molecule has 0 aliphatic carbocycles. The first-order chi connectivity index (χ1) is 14.2. The summed E-state index contributed by atoms with van der Waals surface area (Å²) in [6.45, 7) is 7.74. The summed E-state index contributed by atoms with van der Waals surface area (Å²) in [6, 6.07) is 11.6. The van der Waals surface area contributed by atoms with Crippen molar-refractivity contribution in [3.05, 3.63) is 58.7 Å². The van der Waals surface area contributed by atoms with Gasteiger partial charge >= 0.3 is 11.8 Å². The van der Waals surface area contributed by atoms with Gasteiger partial charge in [0.25, 0.3) is 0 Å². The van der Waals surface area contributed by atoms with E-state index < -0.39 is 11.8 Å². The molecule has 0 atom stereocenters. The maximum Gasteiger partial charge on any atom is 0.329 e. The van der Waals surface area contributed by atoms with Gasteiger partial charge in [0.1, 0.15) is 0 Å². The van der Waals surface area contributed by atoms with Crippen LogP contribution in [0.5, 0.6) is 0 Å². The Bertz CT molecular complexity index is 873. The van der Waals surface area contributed by atoms with Gasteiger partial charge in [0.2, 0.25) is 0 Å². The minimum Gasteiger partial charge on any atom is -0.331 e. The molecule has 2 rings (SSSR count). The number of thiocarbonyl (C=S) groups is 2. The van der Waals surface area contributed by atoms with E-state index >= 15 is 0 Å². The predicted octanol–water partition coefficient (Wildman–Crippen LogP) is 2.26. The van der Waals surface area contributed by atoms with Gasteiger partial charge in [-0.15, -0.1) is 0 Å². The van der Waals surface area contributed by atoms with Crippen molar-refractivity contribution in [1.29, 1.82) is 0 Å². The molecule has 0 aliphatic rings. The molecule has 0 aromatic heterocycles. The predicted molar refractivity (Wildman–Crippen MR) is 127 cm³/mol. The van der Waals surface area contributed by atoms with Crippen molar-refractivity contribution in [3.63, 3.8) is 0 Å². The summed E-state index contributed by atoms with van der Waals surface area (Å²) in [5.41, 5.74) is 15.1. The van der Waals surface area contributed by atoms with E-state index in [1.165, 1.54) is 0 Å². The Morgan fingerprint density at radius 3 is 1.20 bits per heavy atom. The second kappa shape index (κ2) is 10.5. The molecule has 30 heavy (non-hydrogen) atoms. The van der Waals surface area contributed by atoms with Crippen LogP contribution in [0.1, 0.15) is 22.3 Å². The van der Waals surface area contributed by atoms with Gasteiger partial charge in [0.15, 0.2) is 10.2 Å². The van der Waals surface area contributed by atoms with Crippen LogP contribution in [0.2, 0.25) is 0 Å². The Balaban J connectivity index is 1.78. The molecule has 6 N–H and O–H groups in total. The van der Waals surface area contributed by atoms with E-state index in [4.69, 9.17) is 24.4 Å². The molecule has 2 aromatic rings. The molecular weight excluding hydrogens is 420 g/mol. The summed E-state index contributed by atoms with van der Waals surface area (Å²) in [7, 11) is 0. The summed E-state index contributed by atoms with van der Waals surface area (Å²) < 4.78 is 0. The van der Waals surface area contributed by atoms with Gasteiger partial charge in [0, 0.05) is 11.4 Å². The molecule has 2 amide bonds. The van der Waals surface area contributed by atoms with Gasteiger partial charge in [-0.1, -0.05) is 36.4 Å². The largest absolute Gasteiger partial charge is 0.331 e. The first kappa shape index (κ1) is 23.0. The molecule has 158 valence electrons. The van der Waals surface area contributed by atoms with Gasteiger partial charge in [-0.2, -0.15) is 0 Å². The third-order valence-corrected chi connectivity index (χ3v) is 4.63. The normalized spacial score (nSPS) is 9.87. The number of aryl methyl sites for hydroxylation is 4. The fraction of sp³-hybridized carbons (Fsp3) is 0.200. The van der Waals surface area contributed by atoms with Crippen molar-refractivity contribution >= 4 is 57.8 Å². The van der Waals surface area contributed by atoms with Crippen LogP contribution in [0.25, 0.3) is 0 Å². The van der Waals surface area contributed by atoms with E-state index in [0.29, 0.717) is 0 Å². The fourth-order valence-electron chi connectivity index (χ4n) is 2.65. The topological polar surface area (TPSA) is 106 Å². The van der Waals surface area contributed by atoms with Crippen LogP contribution in [-0.2, 0) is 9.59 Å². The number of amides is 2. The van der Waals surface area contributed by atoms with Crippen molar-refractivity contribution < 1.29 is 9.59 Å². The van der Waals surface area contributed by atoms with Crippen LogP contribution in [-0.4, -0.2) is 22.0 Å². The Morgan fingerprint density at radius 1 is 0.600 bits per heavy atom. The van der Waals surface area contributed by atoms with Crippen molar-refractivity contribution in [2.24, 2.45) is 0 Å². The van der Waals surface area contributed by atoms with E-state index in [-0.39, 0.29) is 10.2 Å². The van der Waals surface area contributed by atoms with E-state index in [1.807, 2.05) is 64.1 Å². The molecular formula is C20H24N6O2S2. The van der Waals surface area contributed by atoms with Gasteiger partial charge in [-0.3, -0.25) is 31.3 Å². The third-order valence-electron chi connectivity index (χ3n) is 4.22. The van der Waals surface area contributed by atoms with Crippen LogP contribution in [0.4, 0.5) is 11.4 Å². The molecule has 0 fully saturated rings. The molecule has 0 heterocycles. The maximum absolute atomic E-state index is 11.9. The zero-order chi connectivity index (χ0) is 22.3. The van der Waals surface area contributed by atoms with Crippen molar-refractivity contribution in [1.82, 2.24) is 21.7 Å². The molecule has 0 bridgehead atoms. The lowest BCUT2D eigenvalue weighted by Gasteiger charge is -2.16. The highest BCUT2D eigenvalue weighted by molar-refractivity contribution is 7.80. The minimum atomic E-state index is -0.942. The Kier molecular flexibility index (Phi) is 8.07. The molecule has 0 saturated heterocycles. The van der Waals surface area contributed by atoms with Crippen LogP contribution in [0.15, 0.2) is 36.4 Å². The van der Waals surface area contributed by atoms with E-state index in [1.54, 1.807) is 0 Å². The summed E-state index contributed by atoms with van der Waals surface area (Å²) in [5.74, 6) is -1.88. The number of rotatable bonds is 2. The summed E-state index contributed by atoms with van der Waals surface area (Å²) in [6.07, 6.45) is 0. The molecule has 0 aliphatic heterocycles. The number of carbonyl (C=O) groups is 2. The standard InChI is InChI=1S/C20H24N6O2S2/c1-11-7-5-8-12(2)15(11)21-19(29)25-23-17(27)18(28)24-26-20(30)22-16-13(3)9-6-10-14(16)4/h5-10H,1-4H3,(H,23,27)(H,24,28)(H2,21,25,29)(H2,22,26,30). The summed E-state index contributed by atoms with van der Waals surface area (Å²) >= 11 is 10.3. The average molecular weight is 445 g/mol. The number of nitrogens with one attached hydrogen (secondary N) is 6. The number of anilines is 2. The molecule has 10 heteroatoms. The first-order valence-corrected chi connectivity index (χ1v) is 9.87. The smallest absolute Gasteiger partial charge is 0.329 e. The number of benzene rings is 2. The minimum absolute atomic E-state index is 0.147. The Labute approximate surface area is 186 Å². The number of hydrogen-bond donors (Lipinski definition) is 6. The molecule has 0 unspecified atom stereocenters. The van der Waals surface area contributed by atoms with Crippen LogP contribution in [0, 0.1) is 27.7 Å². The number of hydrogen-bond acceptors (Lipinski definition) is 4. The molecule has 2 aromatic carbocycles. The Hall–Kier alpha value is -3.24. The SMILES string of the molecule is Cc1cccc(C)c1NC(=S)NNC(=O)C(=O)NNC(=S)Nc1c(C)cccc1C. The van der Waals surface area contributed by atoms with Gasteiger partial charge in [-0.05, 0) is 74.4 Å². The lowest BCUT2D eigenvalue weighted by molar-refractivity contribution is -0.139. The van der Waals surface area contributed by atoms with Crippen LogP contribution in [0.3, 0.4) is 0 Å². The second-order valence-corrected chi connectivity index (χ2v) is 7.42. The zero-order valence-electron chi connectivity index (χ0n) is 17.1. The Morgan fingerprint density at radius 2 is 0.900 bits per heavy atom. The quantitative estimate of drug-likeness (QED) is 0.238. The molecule has 0 saturated carbocycles. The highest BCUT2D eigenvalue weighted by atomic mass is 32.1. The number of para-hydroxylation sites is 2. The lowest BCUT2D eigenvalue weighted by Crippen LogP contribution is -2.53. The van der Waals surface area contributed by atoms with Crippen LogP contribution < -0.4 is 32.3 Å². The second-order valence-electron chi connectivity index (χ2n) is 6.60. The molecule has 8 nitrogen and oxygen atoms in total. The highest BCUT2D eigenvalue weighted by Gasteiger charge is 2.14. The van der Waals surface area contributed by atoms with Crippen molar-refractivity contribution in [3.8, 4) is 0 Å². The first-order valence-electron chi connectivity index (χ1n) is 9.05. The van der Waals surface area contributed by atoms with Gasteiger partial charge in [-0.25, -0.2) is 0 Å². The van der Waals surface area contributed by atoms with Crippen molar-refractivity contribution in [2.45, 2.75) is 27.7 Å². The third kappa shape index (κ3) is 6.39. The lowest BCUT2D eigenvalue weighted by atomic mass is 10.1. The maximum atomic E-state index is 11.9. The molecule has 0 radical (unpaired) electrons. The fourth-order valence-corrected chi connectivity index (χ4v) is 2.96. The summed E-state index contributed by atoms with van der Waals surface area (Å²) in [5, 5.41) is 6.27. The summed E-state index contributed by atoms with van der Waals surface area (Å²) in [4.78, 5) is 23.9. The highest BCUT2D eigenvalue weighted by Crippen LogP contribution is 2.19.